The zero-order valence-electron chi connectivity index (χ0n) is 6.95. The molecule has 0 unspecified atom stereocenters. The molecule has 4 heteroatoms. The van der Waals surface area contributed by atoms with Crippen molar-refractivity contribution in [3.63, 3.8) is 0 Å². The van der Waals surface area contributed by atoms with Gasteiger partial charge < -0.3 is 0 Å². The van der Waals surface area contributed by atoms with E-state index >= 15 is 0 Å². The van der Waals surface area contributed by atoms with Crippen molar-refractivity contribution in [1.82, 2.24) is 4.90 Å². The number of methoxy groups -OCH3 is 1. The van der Waals surface area contributed by atoms with Crippen LogP contribution in [0.3, 0.4) is 0 Å². The molecule has 3 nitrogen and oxygen atoms in total. The average Bonchev–Trinajstić information content (AvgIpc) is 2.07. The van der Waals surface area contributed by atoms with Crippen LogP contribution in [0.25, 0.3) is 0 Å². The average molecular weight is 155 g/mol. The quantitative estimate of drug-likeness (QED) is 0.541. The molecule has 0 radical (unpaired) electrons. The summed E-state index contributed by atoms with van der Waals surface area (Å²) in [5.41, 5.74) is 0. The van der Waals surface area contributed by atoms with Crippen LogP contribution in [-0.2, 0) is 9.44 Å². The van der Waals surface area contributed by atoms with Gasteiger partial charge in [0.05, 0.1) is 0 Å². The van der Waals surface area contributed by atoms with Crippen molar-refractivity contribution in [2.24, 2.45) is 0 Å². The molecule has 0 aromatic heterocycles. The molecule has 0 aromatic rings. The fourth-order valence-electron chi connectivity index (χ4n) is 1.43. The first-order valence-electron chi connectivity index (χ1n) is 4.05. The number of likely N-dealkylation sites (tertiary alicyclic amines) is 1. The first-order chi connectivity index (χ1) is 5.36. The fraction of sp³-hybridized carbons (Fsp3) is 1.00. The minimum atomic E-state index is 0.415. The second-order valence-corrected chi connectivity index (χ2v) is 2.90. The standard InChI is InChI=1S/C7H14BNO2/c1-11-7-2-4-9(5-3-7)6-8-10/h7H,2-6H2,1H3. The van der Waals surface area contributed by atoms with E-state index in [1.54, 1.807) is 7.11 Å². The van der Waals surface area contributed by atoms with Crippen LogP contribution in [0.2, 0.25) is 0 Å². The molecular formula is C7H14BNO2. The molecule has 1 aliphatic rings. The molecule has 1 saturated heterocycles. The molecule has 11 heavy (non-hydrogen) atoms. The molecule has 0 saturated carbocycles. The molecule has 0 aromatic carbocycles. The summed E-state index contributed by atoms with van der Waals surface area (Å²) in [5, 5.41) is 0. The first-order valence-corrected chi connectivity index (χ1v) is 4.05. The molecule has 1 rings (SSSR count). The van der Waals surface area contributed by atoms with E-state index in [1.165, 1.54) is 0 Å². The SMILES string of the molecule is COC1CCN(CB=O)CC1. The summed E-state index contributed by atoms with van der Waals surface area (Å²) in [7, 11) is 2.72. The molecular weight excluding hydrogens is 141 g/mol. The summed E-state index contributed by atoms with van der Waals surface area (Å²) in [6.45, 7) is 1.99. The van der Waals surface area contributed by atoms with Crippen molar-refractivity contribution in [2.75, 3.05) is 26.6 Å². The van der Waals surface area contributed by atoms with Gasteiger partial charge in [-0.2, -0.15) is 0 Å². The summed E-state index contributed by atoms with van der Waals surface area (Å²) in [6, 6.07) is 0. The monoisotopic (exact) mass is 155 g/mol. The number of ether oxygens (including phenoxy) is 1. The minimum absolute atomic E-state index is 0.415. The summed E-state index contributed by atoms with van der Waals surface area (Å²) < 4.78 is 15.4. The normalized spacial score (nSPS) is 21.5. The topological polar surface area (TPSA) is 29.5 Å². The van der Waals surface area contributed by atoms with Crippen molar-refractivity contribution in [2.45, 2.75) is 18.9 Å². The van der Waals surface area contributed by atoms with Crippen LogP contribution in [0.4, 0.5) is 0 Å². The summed E-state index contributed by atoms with van der Waals surface area (Å²) >= 11 is 0. The Morgan fingerprint density at radius 2 is 2.18 bits per heavy atom. The molecule has 0 atom stereocenters. The van der Waals surface area contributed by atoms with Gasteiger partial charge in [-0.05, 0) is 0 Å². The van der Waals surface area contributed by atoms with Gasteiger partial charge in [-0.3, -0.25) is 0 Å². The molecule has 62 valence electrons. The van der Waals surface area contributed by atoms with E-state index in [0.717, 1.165) is 33.1 Å². The Balaban J connectivity index is 2.18. The Morgan fingerprint density at radius 3 is 2.64 bits per heavy atom. The maximum atomic E-state index is 10.2. The third kappa shape index (κ3) is 2.71. The molecule has 0 spiro atoms. The Morgan fingerprint density at radius 1 is 1.55 bits per heavy atom. The van der Waals surface area contributed by atoms with Crippen molar-refractivity contribution in [1.29, 1.82) is 0 Å². The Bertz CT molecular complexity index is 124. The van der Waals surface area contributed by atoms with Crippen molar-refractivity contribution < 1.29 is 9.44 Å². The third-order valence-corrected chi connectivity index (χ3v) is 2.20. The molecule has 0 aliphatic carbocycles. The second-order valence-electron chi connectivity index (χ2n) is 2.90. The van der Waals surface area contributed by atoms with Gasteiger partial charge in [-0.25, -0.2) is 0 Å². The number of nitrogens with zero attached hydrogens (tertiary/aromatic N) is 1. The van der Waals surface area contributed by atoms with Gasteiger partial charge in [0.2, 0.25) is 0 Å². The van der Waals surface area contributed by atoms with Gasteiger partial charge in [0.15, 0.2) is 0 Å². The number of hydrogen-bond acceptors (Lipinski definition) is 3. The fourth-order valence-corrected chi connectivity index (χ4v) is 1.43. The molecule has 1 aliphatic heterocycles. The van der Waals surface area contributed by atoms with E-state index in [9.17, 15) is 4.70 Å². The summed E-state index contributed by atoms with van der Waals surface area (Å²) in [6.07, 6.45) is 3.11. The molecule has 1 fully saturated rings. The van der Waals surface area contributed by atoms with E-state index in [4.69, 9.17) is 4.74 Å². The van der Waals surface area contributed by atoms with Crippen LogP contribution in [0.5, 0.6) is 0 Å². The van der Waals surface area contributed by atoms with Crippen LogP contribution in [0, 0.1) is 0 Å². The van der Waals surface area contributed by atoms with E-state index in [2.05, 4.69) is 4.90 Å². The van der Waals surface area contributed by atoms with Crippen LogP contribution >= 0.6 is 0 Å². The predicted octanol–water partition coefficient (Wildman–Crippen LogP) is 0.104. The predicted molar refractivity (Wildman–Crippen MR) is 42.9 cm³/mol. The number of piperidine rings is 1. The van der Waals surface area contributed by atoms with Crippen LogP contribution in [0.1, 0.15) is 12.8 Å². The number of hydrogen-bond donors (Lipinski definition) is 0. The van der Waals surface area contributed by atoms with Gasteiger partial charge in [0.1, 0.15) is 0 Å². The Labute approximate surface area is 68.0 Å². The molecule has 0 N–H and O–H groups in total. The van der Waals surface area contributed by atoms with E-state index < -0.39 is 0 Å². The zero-order chi connectivity index (χ0) is 8.10. The van der Waals surface area contributed by atoms with Gasteiger partial charge in [-0.15, -0.1) is 0 Å². The zero-order valence-corrected chi connectivity index (χ0v) is 6.95. The molecule has 1 heterocycles. The third-order valence-electron chi connectivity index (χ3n) is 2.20. The van der Waals surface area contributed by atoms with Gasteiger partial charge in [-0.1, -0.05) is 0 Å². The van der Waals surface area contributed by atoms with E-state index in [-0.39, 0.29) is 0 Å². The van der Waals surface area contributed by atoms with E-state index in [1.807, 2.05) is 0 Å². The van der Waals surface area contributed by atoms with Gasteiger partial charge in [0, 0.05) is 0 Å². The Hall–Kier alpha value is -0.215. The first kappa shape index (κ1) is 8.88. The van der Waals surface area contributed by atoms with Crippen molar-refractivity contribution >= 4 is 7.15 Å². The summed E-state index contributed by atoms with van der Waals surface area (Å²) in [5.74, 6) is 0. The maximum absolute atomic E-state index is 10.2. The Kier molecular flexibility index (Phi) is 3.73. The molecule has 0 bridgehead atoms. The van der Waals surface area contributed by atoms with Crippen LogP contribution in [0.15, 0.2) is 0 Å². The van der Waals surface area contributed by atoms with Gasteiger partial charge in [0.25, 0.3) is 0 Å². The second kappa shape index (κ2) is 4.62. The van der Waals surface area contributed by atoms with Gasteiger partial charge >= 0.3 is 67.1 Å². The van der Waals surface area contributed by atoms with E-state index in [0.29, 0.717) is 12.5 Å². The van der Waals surface area contributed by atoms with Crippen molar-refractivity contribution in [3.8, 4) is 0 Å². The van der Waals surface area contributed by atoms with Crippen molar-refractivity contribution in [3.05, 3.63) is 0 Å². The van der Waals surface area contributed by atoms with Crippen LogP contribution < -0.4 is 0 Å². The molecule has 0 amide bonds. The van der Waals surface area contributed by atoms with Crippen LogP contribution in [-0.4, -0.2) is 44.8 Å². The summed E-state index contributed by atoms with van der Waals surface area (Å²) in [4.78, 5) is 2.16. The number of rotatable bonds is 3.